The first-order valence-electron chi connectivity index (χ1n) is 6.73. The van der Waals surface area contributed by atoms with Crippen LogP contribution in [0, 0.1) is 6.92 Å². The molecule has 1 fully saturated rings. The van der Waals surface area contributed by atoms with E-state index in [4.69, 9.17) is 14.6 Å². The molecule has 1 atom stereocenters. The Morgan fingerprint density at radius 2 is 2.05 bits per heavy atom. The van der Waals surface area contributed by atoms with Gasteiger partial charge in [-0.1, -0.05) is 0 Å². The Labute approximate surface area is 122 Å². The number of carboxylic acids is 1. The number of morpholine rings is 1. The molecule has 0 bridgehead atoms. The summed E-state index contributed by atoms with van der Waals surface area (Å²) in [5.41, 5.74) is 0.392. The van der Waals surface area contributed by atoms with Crippen molar-refractivity contribution in [3.8, 4) is 5.75 Å². The molecule has 7 heteroatoms. The highest BCUT2D eigenvalue weighted by atomic mass is 16.5. The van der Waals surface area contributed by atoms with E-state index in [-0.39, 0.29) is 17.4 Å². The molecule has 1 aromatic heterocycles. The Bertz CT molecular complexity index is 540. The van der Waals surface area contributed by atoms with Gasteiger partial charge in [0.05, 0.1) is 13.2 Å². The zero-order valence-electron chi connectivity index (χ0n) is 12.0. The molecule has 1 saturated heterocycles. The number of nitrogens with zero attached hydrogens (tertiary/aromatic N) is 2. The lowest BCUT2D eigenvalue weighted by Crippen LogP contribution is -2.46. The second-order valence-corrected chi connectivity index (χ2v) is 4.80. The smallest absolute Gasteiger partial charge is 0.358 e. The average Bonchev–Trinajstić information content (AvgIpc) is 2.49. The summed E-state index contributed by atoms with van der Waals surface area (Å²) in [5.74, 6) is -1.27. The number of carbonyl (C=O) groups is 2. The molecule has 21 heavy (non-hydrogen) atoms. The molecular formula is C14H18N2O5. The Morgan fingerprint density at radius 3 is 2.67 bits per heavy atom. The van der Waals surface area contributed by atoms with Crippen LogP contribution in [-0.4, -0.2) is 59.3 Å². The van der Waals surface area contributed by atoms with Crippen LogP contribution in [0.3, 0.4) is 0 Å². The van der Waals surface area contributed by atoms with Crippen molar-refractivity contribution in [3.05, 3.63) is 23.5 Å². The summed E-state index contributed by atoms with van der Waals surface area (Å²) in [5, 5.41) is 9.14. The van der Waals surface area contributed by atoms with E-state index < -0.39 is 12.1 Å². The highest BCUT2D eigenvalue weighted by Crippen LogP contribution is 2.19. The average molecular weight is 294 g/mol. The molecule has 0 radical (unpaired) electrons. The van der Waals surface area contributed by atoms with Crippen LogP contribution in [0.2, 0.25) is 0 Å². The lowest BCUT2D eigenvalue weighted by Gasteiger charge is -2.29. The monoisotopic (exact) mass is 294 g/mol. The minimum Gasteiger partial charge on any atom is -0.478 e. The normalized spacial score (nSPS) is 16.4. The van der Waals surface area contributed by atoms with Crippen molar-refractivity contribution in [3.63, 3.8) is 0 Å². The number of aromatic nitrogens is 1. The molecule has 114 valence electrons. The molecule has 2 heterocycles. The van der Waals surface area contributed by atoms with E-state index in [1.54, 1.807) is 24.8 Å². The number of aryl methyl sites for hydroxylation is 1. The zero-order chi connectivity index (χ0) is 15.4. The second-order valence-electron chi connectivity index (χ2n) is 4.80. The van der Waals surface area contributed by atoms with Crippen molar-refractivity contribution in [2.24, 2.45) is 0 Å². The molecular weight excluding hydrogens is 276 g/mol. The highest BCUT2D eigenvalue weighted by molar-refractivity contribution is 5.89. The van der Waals surface area contributed by atoms with Crippen molar-refractivity contribution >= 4 is 11.9 Å². The Hall–Kier alpha value is -2.15. The summed E-state index contributed by atoms with van der Waals surface area (Å²) in [7, 11) is 0. The zero-order valence-corrected chi connectivity index (χ0v) is 12.0. The third-order valence-electron chi connectivity index (χ3n) is 3.17. The van der Waals surface area contributed by atoms with Crippen LogP contribution in [0.4, 0.5) is 0 Å². The van der Waals surface area contributed by atoms with Crippen molar-refractivity contribution < 1.29 is 24.2 Å². The molecule has 7 nitrogen and oxygen atoms in total. The Balaban J connectivity index is 2.10. The topological polar surface area (TPSA) is 89.0 Å². The molecule has 1 aromatic rings. The van der Waals surface area contributed by atoms with Crippen LogP contribution < -0.4 is 4.74 Å². The van der Waals surface area contributed by atoms with Crippen LogP contribution in [0.15, 0.2) is 12.1 Å². The van der Waals surface area contributed by atoms with Gasteiger partial charge in [0.2, 0.25) is 0 Å². The van der Waals surface area contributed by atoms with Gasteiger partial charge in [0, 0.05) is 18.8 Å². The van der Waals surface area contributed by atoms with E-state index in [0.717, 1.165) is 0 Å². The molecule has 1 unspecified atom stereocenters. The van der Waals surface area contributed by atoms with Crippen LogP contribution >= 0.6 is 0 Å². The first-order valence-corrected chi connectivity index (χ1v) is 6.73. The number of pyridine rings is 1. The minimum absolute atomic E-state index is 0.0993. The lowest BCUT2D eigenvalue weighted by molar-refractivity contribution is -0.142. The molecule has 0 aromatic carbocycles. The van der Waals surface area contributed by atoms with E-state index in [2.05, 4.69) is 4.98 Å². The van der Waals surface area contributed by atoms with Gasteiger partial charge >= 0.3 is 5.97 Å². The number of carboxylic acid groups (broad SMARTS) is 1. The SMILES string of the molecule is Cc1ccc(OC(C)C(=O)N2CCOCC2)c(C(=O)O)n1. The van der Waals surface area contributed by atoms with Gasteiger partial charge < -0.3 is 19.5 Å². The van der Waals surface area contributed by atoms with Gasteiger partial charge in [-0.25, -0.2) is 9.78 Å². The fourth-order valence-electron chi connectivity index (χ4n) is 2.07. The van der Waals surface area contributed by atoms with Gasteiger partial charge in [0.1, 0.15) is 0 Å². The number of carbonyl (C=O) groups excluding carboxylic acids is 1. The molecule has 0 spiro atoms. The van der Waals surface area contributed by atoms with Crippen LogP contribution in [0.5, 0.6) is 5.75 Å². The van der Waals surface area contributed by atoms with Crippen LogP contribution in [0.1, 0.15) is 23.1 Å². The molecule has 1 aliphatic heterocycles. The Kier molecular flexibility index (Phi) is 4.74. The van der Waals surface area contributed by atoms with Gasteiger partial charge in [0.25, 0.3) is 5.91 Å². The molecule has 0 aliphatic carbocycles. The summed E-state index contributed by atoms with van der Waals surface area (Å²) >= 11 is 0. The lowest BCUT2D eigenvalue weighted by atomic mass is 10.2. The molecule has 1 N–H and O–H groups in total. The maximum absolute atomic E-state index is 12.2. The fraction of sp³-hybridized carbons (Fsp3) is 0.500. The third kappa shape index (κ3) is 3.69. The number of aromatic carboxylic acids is 1. The van der Waals surface area contributed by atoms with Crippen LogP contribution in [-0.2, 0) is 9.53 Å². The van der Waals surface area contributed by atoms with Gasteiger partial charge in [-0.3, -0.25) is 4.79 Å². The van der Waals surface area contributed by atoms with E-state index in [9.17, 15) is 9.59 Å². The van der Waals surface area contributed by atoms with E-state index in [1.165, 1.54) is 6.07 Å². The fourth-order valence-corrected chi connectivity index (χ4v) is 2.07. The van der Waals surface area contributed by atoms with E-state index in [1.807, 2.05) is 0 Å². The number of rotatable bonds is 4. The first kappa shape index (κ1) is 15.2. The molecule has 1 aliphatic rings. The van der Waals surface area contributed by atoms with E-state index >= 15 is 0 Å². The summed E-state index contributed by atoms with van der Waals surface area (Å²) in [6.07, 6.45) is -0.772. The number of hydrogen-bond donors (Lipinski definition) is 1. The summed E-state index contributed by atoms with van der Waals surface area (Å²) in [4.78, 5) is 29.0. The quantitative estimate of drug-likeness (QED) is 0.880. The predicted octanol–water partition coefficient (Wildman–Crippen LogP) is 0.714. The highest BCUT2D eigenvalue weighted by Gasteiger charge is 2.25. The maximum atomic E-state index is 12.2. The van der Waals surface area contributed by atoms with Crippen molar-refractivity contribution in [1.29, 1.82) is 0 Å². The van der Waals surface area contributed by atoms with E-state index in [0.29, 0.717) is 32.0 Å². The third-order valence-corrected chi connectivity index (χ3v) is 3.17. The van der Waals surface area contributed by atoms with Gasteiger partial charge in [-0.2, -0.15) is 0 Å². The minimum atomic E-state index is -1.18. The molecule has 1 amide bonds. The van der Waals surface area contributed by atoms with Gasteiger partial charge in [0.15, 0.2) is 17.5 Å². The van der Waals surface area contributed by atoms with Gasteiger partial charge in [-0.05, 0) is 26.0 Å². The van der Waals surface area contributed by atoms with Gasteiger partial charge in [-0.15, -0.1) is 0 Å². The van der Waals surface area contributed by atoms with Crippen molar-refractivity contribution in [2.45, 2.75) is 20.0 Å². The first-order chi connectivity index (χ1) is 9.99. The number of hydrogen-bond acceptors (Lipinski definition) is 5. The Morgan fingerprint density at radius 1 is 1.38 bits per heavy atom. The second kappa shape index (κ2) is 6.53. The summed E-state index contributed by atoms with van der Waals surface area (Å²) in [6.45, 7) is 5.34. The molecule has 2 rings (SSSR count). The maximum Gasteiger partial charge on any atom is 0.358 e. The van der Waals surface area contributed by atoms with Crippen LogP contribution in [0.25, 0.3) is 0 Å². The molecule has 0 saturated carbocycles. The number of ether oxygens (including phenoxy) is 2. The largest absolute Gasteiger partial charge is 0.478 e. The summed E-state index contributed by atoms with van der Waals surface area (Å²) in [6, 6.07) is 3.17. The standard InChI is InChI=1S/C14H18N2O5/c1-9-3-4-11(12(15-9)14(18)19)21-10(2)13(17)16-5-7-20-8-6-16/h3-4,10H,5-8H2,1-2H3,(H,18,19). The van der Waals surface area contributed by atoms with Crippen molar-refractivity contribution in [2.75, 3.05) is 26.3 Å². The predicted molar refractivity (Wildman–Crippen MR) is 73.4 cm³/mol. The summed E-state index contributed by atoms with van der Waals surface area (Å²) < 4.78 is 10.7. The van der Waals surface area contributed by atoms with Crippen molar-refractivity contribution in [1.82, 2.24) is 9.88 Å². The number of amides is 1.